The summed E-state index contributed by atoms with van der Waals surface area (Å²) in [4.78, 5) is 23.7. The molecule has 25 heavy (non-hydrogen) atoms. The fourth-order valence-corrected chi connectivity index (χ4v) is 1.99. The Kier molecular flexibility index (Phi) is 8.00. The predicted molar refractivity (Wildman–Crippen MR) is 86.7 cm³/mol. The molecule has 1 atom stereocenters. The van der Waals surface area contributed by atoms with E-state index < -0.39 is 35.3 Å². The molecule has 0 amide bonds. The molecule has 1 aromatic carbocycles. The summed E-state index contributed by atoms with van der Waals surface area (Å²) in [6, 6.07) is 2.13. The highest BCUT2D eigenvalue weighted by atomic mass is 19.2. The van der Waals surface area contributed by atoms with Crippen molar-refractivity contribution in [3.05, 3.63) is 41.1 Å². The van der Waals surface area contributed by atoms with Crippen LogP contribution in [0.2, 0.25) is 0 Å². The summed E-state index contributed by atoms with van der Waals surface area (Å²) in [6.07, 6.45) is -0.0716. The molecule has 0 aliphatic rings. The monoisotopic (exact) mass is 357 g/mol. The van der Waals surface area contributed by atoms with Gasteiger partial charge in [-0.3, -0.25) is 0 Å². The predicted octanol–water partition coefficient (Wildman–Crippen LogP) is 2.31. The van der Waals surface area contributed by atoms with Crippen molar-refractivity contribution in [1.29, 1.82) is 0 Å². The number of rotatable bonds is 8. The Morgan fingerprint density at radius 2 is 1.76 bits per heavy atom. The molecule has 0 saturated heterocycles. The quantitative estimate of drug-likeness (QED) is 0.321. The zero-order valence-corrected chi connectivity index (χ0v) is 14.3. The van der Waals surface area contributed by atoms with Crippen molar-refractivity contribution in [1.82, 2.24) is 0 Å². The first-order valence-electron chi connectivity index (χ1n) is 7.77. The molecule has 2 N–H and O–H groups in total. The van der Waals surface area contributed by atoms with Gasteiger partial charge >= 0.3 is 11.9 Å². The van der Waals surface area contributed by atoms with Crippen LogP contribution in [-0.2, 0) is 25.5 Å². The molecule has 0 heterocycles. The van der Waals surface area contributed by atoms with Crippen molar-refractivity contribution in [2.24, 2.45) is 0 Å². The summed E-state index contributed by atoms with van der Waals surface area (Å²) < 4.78 is 36.9. The van der Waals surface area contributed by atoms with E-state index in [0.717, 1.165) is 12.3 Å². The maximum atomic E-state index is 14.0. The largest absolute Gasteiger partial charge is 0.462 e. The van der Waals surface area contributed by atoms with E-state index in [-0.39, 0.29) is 30.9 Å². The van der Waals surface area contributed by atoms with Crippen molar-refractivity contribution >= 4 is 17.6 Å². The van der Waals surface area contributed by atoms with Crippen LogP contribution in [-0.4, -0.2) is 36.4 Å². The highest BCUT2D eigenvalue weighted by Crippen LogP contribution is 2.23. The van der Waals surface area contributed by atoms with Gasteiger partial charge in [-0.25, -0.2) is 18.4 Å². The summed E-state index contributed by atoms with van der Waals surface area (Å²) in [5.74, 6) is -4.00. The Morgan fingerprint density at radius 3 is 2.24 bits per heavy atom. The maximum absolute atomic E-state index is 14.0. The van der Waals surface area contributed by atoms with Crippen LogP contribution in [0.25, 0.3) is 0 Å². The first-order valence-corrected chi connectivity index (χ1v) is 7.77. The second-order valence-corrected chi connectivity index (χ2v) is 5.08. The van der Waals surface area contributed by atoms with Crippen molar-refractivity contribution < 1.29 is 33.0 Å². The van der Waals surface area contributed by atoms with Gasteiger partial charge in [0.15, 0.2) is 17.2 Å². The van der Waals surface area contributed by atoms with Crippen LogP contribution < -0.4 is 5.32 Å². The van der Waals surface area contributed by atoms with E-state index in [1.54, 1.807) is 13.8 Å². The van der Waals surface area contributed by atoms with E-state index in [4.69, 9.17) is 9.47 Å². The Balaban J connectivity index is 3.19. The lowest BCUT2D eigenvalue weighted by molar-refractivity contribution is -0.146. The third kappa shape index (κ3) is 5.82. The third-order valence-electron chi connectivity index (χ3n) is 3.06. The average Bonchev–Trinajstić information content (AvgIpc) is 2.54. The van der Waals surface area contributed by atoms with Crippen LogP contribution in [0, 0.1) is 11.6 Å². The molecule has 1 rings (SSSR count). The molecule has 0 radical (unpaired) electrons. The van der Waals surface area contributed by atoms with Crippen LogP contribution >= 0.6 is 0 Å². The lowest BCUT2D eigenvalue weighted by atomic mass is 10.1. The van der Waals surface area contributed by atoms with E-state index >= 15 is 0 Å². The number of aliphatic hydroxyl groups is 1. The summed E-state index contributed by atoms with van der Waals surface area (Å²) in [5, 5.41) is 12.0. The van der Waals surface area contributed by atoms with E-state index in [2.05, 4.69) is 5.32 Å². The Hall–Kier alpha value is -2.48. The normalized spacial score (nSPS) is 11.4. The number of benzene rings is 1. The molecule has 0 spiro atoms. The Morgan fingerprint density at radius 1 is 1.20 bits per heavy atom. The van der Waals surface area contributed by atoms with Crippen LogP contribution in [0.5, 0.6) is 0 Å². The molecule has 0 fully saturated rings. The highest BCUT2D eigenvalue weighted by molar-refractivity contribution is 6.14. The van der Waals surface area contributed by atoms with Crippen molar-refractivity contribution in [2.45, 2.75) is 33.3 Å². The minimum absolute atomic E-state index is 0.0496. The number of ether oxygens (including phenoxy) is 2. The van der Waals surface area contributed by atoms with E-state index in [1.165, 1.54) is 13.0 Å². The number of esters is 2. The van der Waals surface area contributed by atoms with Gasteiger partial charge in [-0.05, 0) is 32.9 Å². The van der Waals surface area contributed by atoms with Gasteiger partial charge in [0.25, 0.3) is 0 Å². The summed E-state index contributed by atoms with van der Waals surface area (Å²) in [6.45, 7) is 4.67. The molecule has 0 bridgehead atoms. The highest BCUT2D eigenvalue weighted by Gasteiger charge is 2.22. The molecule has 6 nitrogen and oxygen atoms in total. The summed E-state index contributed by atoms with van der Waals surface area (Å²) in [7, 11) is 0. The minimum atomic E-state index is -1.12. The smallest absolute Gasteiger partial charge is 0.347 e. The molecule has 1 unspecified atom stereocenters. The maximum Gasteiger partial charge on any atom is 0.347 e. The van der Waals surface area contributed by atoms with Gasteiger partial charge in [-0.2, -0.15) is 0 Å². The second-order valence-electron chi connectivity index (χ2n) is 5.08. The van der Waals surface area contributed by atoms with Crippen LogP contribution in [0.4, 0.5) is 14.5 Å². The van der Waals surface area contributed by atoms with Crippen molar-refractivity contribution in [2.75, 3.05) is 18.5 Å². The van der Waals surface area contributed by atoms with E-state index in [0.29, 0.717) is 0 Å². The zero-order valence-electron chi connectivity index (χ0n) is 14.3. The number of carbonyl (C=O) groups is 2. The standard InChI is InChI=1S/C17H21F2NO5/c1-4-24-16(22)12(17(23)25-5-2)9-20-14-7-6-13(18)15(19)11(14)8-10(3)21/h6-7,9-10,20-21H,4-5,8H2,1-3H3. The van der Waals surface area contributed by atoms with Gasteiger partial charge in [-0.1, -0.05) is 0 Å². The number of halogens is 2. The summed E-state index contributed by atoms with van der Waals surface area (Å²) in [5.41, 5.74) is -0.430. The average molecular weight is 357 g/mol. The number of hydrogen-bond acceptors (Lipinski definition) is 6. The number of hydrogen-bond donors (Lipinski definition) is 2. The Bertz CT molecular complexity index is 639. The molecular formula is C17H21F2NO5. The van der Waals surface area contributed by atoms with Crippen molar-refractivity contribution in [3.63, 3.8) is 0 Å². The van der Waals surface area contributed by atoms with Gasteiger partial charge in [0.2, 0.25) is 0 Å². The fourth-order valence-electron chi connectivity index (χ4n) is 1.99. The Labute approximate surface area is 144 Å². The molecule has 0 saturated carbocycles. The van der Waals surface area contributed by atoms with Crippen LogP contribution in [0.15, 0.2) is 23.9 Å². The number of nitrogens with one attached hydrogen (secondary N) is 1. The molecule has 1 aromatic rings. The topological polar surface area (TPSA) is 84.9 Å². The van der Waals surface area contributed by atoms with Gasteiger partial charge in [-0.15, -0.1) is 0 Å². The van der Waals surface area contributed by atoms with E-state index in [9.17, 15) is 23.5 Å². The molecule has 0 aliphatic carbocycles. The van der Waals surface area contributed by atoms with Crippen LogP contribution in [0.3, 0.4) is 0 Å². The number of anilines is 1. The fraction of sp³-hybridized carbons (Fsp3) is 0.412. The van der Waals surface area contributed by atoms with Crippen LogP contribution in [0.1, 0.15) is 26.3 Å². The molecule has 0 aromatic heterocycles. The lowest BCUT2D eigenvalue weighted by Gasteiger charge is -2.13. The molecule has 0 aliphatic heterocycles. The first-order chi connectivity index (χ1) is 11.8. The number of aliphatic hydroxyl groups excluding tert-OH is 1. The SMILES string of the molecule is CCOC(=O)C(=CNc1ccc(F)c(F)c1CC(C)O)C(=O)OCC. The molecule has 138 valence electrons. The van der Waals surface area contributed by atoms with E-state index in [1.807, 2.05) is 0 Å². The minimum Gasteiger partial charge on any atom is -0.462 e. The van der Waals surface area contributed by atoms with Gasteiger partial charge < -0.3 is 19.9 Å². The van der Waals surface area contributed by atoms with Crippen molar-refractivity contribution in [3.8, 4) is 0 Å². The van der Waals surface area contributed by atoms with Gasteiger partial charge in [0.05, 0.1) is 19.3 Å². The van der Waals surface area contributed by atoms with Gasteiger partial charge in [0.1, 0.15) is 0 Å². The third-order valence-corrected chi connectivity index (χ3v) is 3.06. The second kappa shape index (κ2) is 9.73. The van der Waals surface area contributed by atoms with Gasteiger partial charge in [0, 0.05) is 23.9 Å². The molecule has 8 heteroatoms. The molecular weight excluding hydrogens is 336 g/mol. The lowest BCUT2D eigenvalue weighted by Crippen LogP contribution is -2.20. The first kappa shape index (κ1) is 20.6. The zero-order chi connectivity index (χ0) is 19.0. The number of carbonyl (C=O) groups excluding carboxylic acids is 2. The summed E-state index contributed by atoms with van der Waals surface area (Å²) >= 11 is 0.